The molecule has 0 aliphatic carbocycles. The quantitative estimate of drug-likeness (QED) is 0.542. The molecule has 3 aromatic rings. The van der Waals surface area contributed by atoms with E-state index in [1.165, 1.54) is 22.3 Å². The summed E-state index contributed by atoms with van der Waals surface area (Å²) in [5.74, 6) is 2.09. The summed E-state index contributed by atoms with van der Waals surface area (Å²) in [6, 6.07) is 17.3. The van der Waals surface area contributed by atoms with E-state index in [1.807, 2.05) is 0 Å². The molecule has 1 amide bonds. The lowest BCUT2D eigenvalue weighted by atomic mass is 9.99. The predicted octanol–water partition coefficient (Wildman–Crippen LogP) is 4.16. The molecular weight excluding hydrogens is 450 g/mol. The third-order valence-corrected chi connectivity index (χ3v) is 7.51. The van der Waals surface area contributed by atoms with Gasteiger partial charge in [-0.1, -0.05) is 62.4 Å². The molecule has 7 nitrogen and oxygen atoms in total. The molecule has 2 aliphatic heterocycles. The minimum Gasteiger partial charge on any atom is -0.381 e. The number of rotatable bonds is 7. The van der Waals surface area contributed by atoms with Crippen LogP contribution in [0.25, 0.3) is 11.1 Å². The maximum Gasteiger partial charge on any atom is 0.226 e. The summed E-state index contributed by atoms with van der Waals surface area (Å²) in [5, 5.41) is 12.3. The smallest absolute Gasteiger partial charge is 0.226 e. The second kappa shape index (κ2) is 10.9. The minimum absolute atomic E-state index is 0.0629. The number of carbonyl (C=O) groups is 1. The van der Waals surface area contributed by atoms with Crippen LogP contribution in [0.4, 0.5) is 0 Å². The van der Waals surface area contributed by atoms with Gasteiger partial charge in [0.15, 0.2) is 5.82 Å². The maximum atomic E-state index is 12.8. The average molecular weight is 488 g/mol. The largest absolute Gasteiger partial charge is 0.381 e. The number of carbonyl (C=O) groups excluding carboxylic acids is 1. The number of nitrogens with one attached hydrogen (secondary N) is 1. The molecule has 0 saturated carbocycles. The van der Waals surface area contributed by atoms with E-state index < -0.39 is 0 Å². The van der Waals surface area contributed by atoms with E-state index in [1.54, 1.807) is 0 Å². The number of nitrogens with zero attached hydrogens (tertiary/aromatic N) is 4. The van der Waals surface area contributed by atoms with Crippen LogP contribution in [0, 0.1) is 18.8 Å². The van der Waals surface area contributed by atoms with Crippen molar-refractivity contribution in [1.82, 2.24) is 25.0 Å². The molecule has 1 fully saturated rings. The van der Waals surface area contributed by atoms with Gasteiger partial charge in [-0.05, 0) is 41.5 Å². The van der Waals surface area contributed by atoms with Crippen LogP contribution in [-0.2, 0) is 29.0 Å². The Morgan fingerprint density at radius 2 is 1.89 bits per heavy atom. The Bertz CT molecular complexity index is 1180. The zero-order valence-corrected chi connectivity index (χ0v) is 21.6. The van der Waals surface area contributed by atoms with Crippen molar-refractivity contribution in [2.24, 2.45) is 11.8 Å². The first kappa shape index (κ1) is 24.7. The highest BCUT2D eigenvalue weighted by Gasteiger charge is 2.31. The van der Waals surface area contributed by atoms with Crippen molar-refractivity contribution >= 4 is 5.91 Å². The van der Waals surface area contributed by atoms with Crippen molar-refractivity contribution in [1.29, 1.82) is 0 Å². The van der Waals surface area contributed by atoms with Gasteiger partial charge in [-0.2, -0.15) is 0 Å². The Labute approximate surface area is 213 Å². The molecular formula is C29H37N5O2. The van der Waals surface area contributed by atoms with Gasteiger partial charge < -0.3 is 14.6 Å². The Kier molecular flexibility index (Phi) is 7.48. The molecule has 0 radical (unpaired) electrons. The average Bonchev–Trinajstić information content (AvgIpc) is 3.51. The van der Waals surface area contributed by atoms with E-state index in [0.29, 0.717) is 13.2 Å². The summed E-state index contributed by atoms with van der Waals surface area (Å²) in [4.78, 5) is 15.3. The van der Waals surface area contributed by atoms with Gasteiger partial charge in [-0.15, -0.1) is 10.2 Å². The zero-order chi connectivity index (χ0) is 25.1. The fourth-order valence-corrected chi connectivity index (χ4v) is 5.26. The molecule has 1 aromatic heterocycles. The van der Waals surface area contributed by atoms with Gasteiger partial charge in [0, 0.05) is 39.2 Å². The first-order valence-electron chi connectivity index (χ1n) is 13.2. The summed E-state index contributed by atoms with van der Waals surface area (Å²) in [7, 11) is 0. The Morgan fingerprint density at radius 1 is 1.08 bits per heavy atom. The molecule has 36 heavy (non-hydrogen) atoms. The van der Waals surface area contributed by atoms with Gasteiger partial charge in [0.2, 0.25) is 5.91 Å². The number of hydrogen-bond acceptors (Lipinski definition) is 5. The molecule has 2 atom stereocenters. The van der Waals surface area contributed by atoms with Crippen LogP contribution in [0.2, 0.25) is 0 Å². The van der Waals surface area contributed by atoms with Gasteiger partial charge in [0.05, 0.1) is 18.6 Å². The lowest BCUT2D eigenvalue weighted by molar-refractivity contribution is -0.126. The number of ether oxygens (including phenoxy) is 1. The molecule has 3 heterocycles. The molecule has 0 unspecified atom stereocenters. The van der Waals surface area contributed by atoms with Gasteiger partial charge in [-0.25, -0.2) is 0 Å². The number of benzene rings is 2. The molecule has 1 N–H and O–H groups in total. The second-order valence-electron chi connectivity index (χ2n) is 10.5. The SMILES string of the molecule is Cc1ccccc1-c1ccc(CN2CCc3nnc([C@@H](NC(=O)[C@H]4CCOC4)C(C)C)n3CC2)cc1. The molecule has 2 aliphatic rings. The Balaban J connectivity index is 1.24. The standard InChI is InChI=1S/C29H37N5O2/c1-20(2)27(30-29(35)24-13-17-36-19-24)28-32-31-26-12-14-33(15-16-34(26)28)18-22-8-10-23(11-9-22)25-7-5-4-6-21(25)3/h4-11,20,24,27H,12-19H2,1-3H3,(H,30,35)/t24-,27-/m0/s1. The third-order valence-electron chi connectivity index (χ3n) is 7.51. The van der Waals surface area contributed by atoms with Gasteiger partial charge in [-0.3, -0.25) is 9.69 Å². The fourth-order valence-electron chi connectivity index (χ4n) is 5.26. The van der Waals surface area contributed by atoms with E-state index in [0.717, 1.165) is 50.7 Å². The zero-order valence-electron chi connectivity index (χ0n) is 21.6. The van der Waals surface area contributed by atoms with Crippen LogP contribution in [0.5, 0.6) is 0 Å². The maximum absolute atomic E-state index is 12.8. The Hall–Kier alpha value is -3.03. The van der Waals surface area contributed by atoms with Crippen LogP contribution < -0.4 is 5.32 Å². The number of aromatic nitrogens is 3. The van der Waals surface area contributed by atoms with Crippen LogP contribution >= 0.6 is 0 Å². The van der Waals surface area contributed by atoms with Crippen molar-refractivity contribution in [3.63, 3.8) is 0 Å². The number of amides is 1. The molecule has 1 saturated heterocycles. The first-order valence-corrected chi connectivity index (χ1v) is 13.2. The van der Waals surface area contributed by atoms with Crippen LogP contribution in [0.15, 0.2) is 48.5 Å². The number of hydrogen-bond donors (Lipinski definition) is 1. The Morgan fingerprint density at radius 3 is 2.61 bits per heavy atom. The topological polar surface area (TPSA) is 72.3 Å². The van der Waals surface area contributed by atoms with Crippen molar-refractivity contribution < 1.29 is 9.53 Å². The lowest BCUT2D eigenvalue weighted by Gasteiger charge is -2.24. The first-order chi connectivity index (χ1) is 17.5. The van der Waals surface area contributed by atoms with Crippen LogP contribution in [-0.4, -0.2) is 51.9 Å². The normalized spacial score (nSPS) is 19.2. The van der Waals surface area contributed by atoms with E-state index in [9.17, 15) is 4.79 Å². The molecule has 5 rings (SSSR count). The summed E-state index contributed by atoms with van der Waals surface area (Å²) < 4.78 is 7.65. The highest BCUT2D eigenvalue weighted by atomic mass is 16.5. The summed E-state index contributed by atoms with van der Waals surface area (Å²) in [5.41, 5.74) is 5.16. The van der Waals surface area contributed by atoms with E-state index in [4.69, 9.17) is 4.74 Å². The summed E-state index contributed by atoms with van der Waals surface area (Å²) in [6.07, 6.45) is 1.64. The van der Waals surface area contributed by atoms with Crippen molar-refractivity contribution in [2.45, 2.75) is 52.7 Å². The molecule has 0 spiro atoms. The highest BCUT2D eigenvalue weighted by Crippen LogP contribution is 2.26. The van der Waals surface area contributed by atoms with Gasteiger partial charge in [0.25, 0.3) is 0 Å². The summed E-state index contributed by atoms with van der Waals surface area (Å²) in [6.45, 7) is 11.2. The number of fused-ring (bicyclic) bond motifs is 1. The van der Waals surface area contributed by atoms with Gasteiger partial charge in [0.1, 0.15) is 5.82 Å². The summed E-state index contributed by atoms with van der Waals surface area (Å²) >= 11 is 0. The van der Waals surface area contributed by atoms with Crippen molar-refractivity contribution in [3.8, 4) is 11.1 Å². The van der Waals surface area contributed by atoms with E-state index >= 15 is 0 Å². The fraction of sp³-hybridized carbons (Fsp3) is 0.483. The third kappa shape index (κ3) is 5.37. The van der Waals surface area contributed by atoms with Gasteiger partial charge >= 0.3 is 0 Å². The number of aryl methyl sites for hydroxylation is 1. The highest BCUT2D eigenvalue weighted by molar-refractivity contribution is 5.79. The van der Waals surface area contributed by atoms with E-state index in [2.05, 4.69) is 94.3 Å². The molecule has 0 bridgehead atoms. The molecule has 7 heteroatoms. The van der Waals surface area contributed by atoms with Crippen LogP contribution in [0.3, 0.4) is 0 Å². The minimum atomic E-state index is -0.153. The van der Waals surface area contributed by atoms with Crippen LogP contribution in [0.1, 0.15) is 49.1 Å². The van der Waals surface area contributed by atoms with E-state index in [-0.39, 0.29) is 23.8 Å². The van der Waals surface area contributed by atoms with Crippen molar-refractivity contribution in [2.75, 3.05) is 26.3 Å². The molecule has 190 valence electrons. The predicted molar refractivity (Wildman–Crippen MR) is 140 cm³/mol. The second-order valence-corrected chi connectivity index (χ2v) is 10.5. The van der Waals surface area contributed by atoms with Crippen molar-refractivity contribution in [3.05, 3.63) is 71.3 Å². The molecule has 2 aromatic carbocycles. The lowest BCUT2D eigenvalue weighted by Crippen LogP contribution is -2.38. The monoisotopic (exact) mass is 487 g/mol.